The second-order valence-electron chi connectivity index (χ2n) is 5.49. The molecular weight excluding hydrogens is 390 g/mol. The molecule has 1 aromatic carbocycles. The minimum atomic E-state index is -0.459. The molecule has 1 unspecified atom stereocenters. The second kappa shape index (κ2) is 6.13. The normalized spacial score (nSPS) is 21.9. The van der Waals surface area contributed by atoms with E-state index in [1.165, 1.54) is 0 Å². The summed E-state index contributed by atoms with van der Waals surface area (Å²) in [7, 11) is 0. The monoisotopic (exact) mass is 405 g/mol. The van der Waals surface area contributed by atoms with Crippen molar-refractivity contribution in [3.63, 3.8) is 0 Å². The van der Waals surface area contributed by atoms with Gasteiger partial charge < -0.3 is 14.7 Å². The van der Waals surface area contributed by atoms with Crippen LogP contribution in [0.25, 0.3) is 0 Å². The van der Waals surface area contributed by atoms with Gasteiger partial charge in [-0.15, -0.1) is 0 Å². The lowest BCUT2D eigenvalue weighted by Crippen LogP contribution is -2.55. The van der Waals surface area contributed by atoms with Crippen LogP contribution in [0.2, 0.25) is 0 Å². The maximum atomic E-state index is 12.7. The van der Waals surface area contributed by atoms with Gasteiger partial charge in [-0.25, -0.2) is 0 Å². The van der Waals surface area contributed by atoms with E-state index in [0.29, 0.717) is 18.7 Å². The van der Waals surface area contributed by atoms with E-state index < -0.39 is 5.60 Å². The van der Waals surface area contributed by atoms with Gasteiger partial charge in [0.15, 0.2) is 0 Å². The van der Waals surface area contributed by atoms with Gasteiger partial charge in [0.2, 0.25) is 0 Å². The number of aliphatic hydroxyl groups is 1. The number of nitrogens with zero attached hydrogens (tertiary/aromatic N) is 1. The molecule has 1 aliphatic rings. The molecule has 0 aliphatic carbocycles. The van der Waals surface area contributed by atoms with Crippen LogP contribution < -0.4 is 0 Å². The Morgan fingerprint density at radius 2 is 2.20 bits per heavy atom. The molecule has 0 spiro atoms. The van der Waals surface area contributed by atoms with Crippen molar-refractivity contribution >= 4 is 37.8 Å². The number of carbonyl (C=O) groups is 1. The van der Waals surface area contributed by atoms with Crippen LogP contribution >= 0.6 is 31.9 Å². The maximum absolute atomic E-state index is 12.7. The second-order valence-corrected chi connectivity index (χ2v) is 7.26. The van der Waals surface area contributed by atoms with Gasteiger partial charge in [0.25, 0.3) is 5.91 Å². The fourth-order valence-corrected chi connectivity index (χ4v) is 3.15. The summed E-state index contributed by atoms with van der Waals surface area (Å²) in [5.74, 6) is -0.0620. The molecule has 1 aromatic rings. The third-order valence-corrected chi connectivity index (χ3v) is 4.32. The molecule has 1 fully saturated rings. The van der Waals surface area contributed by atoms with Crippen molar-refractivity contribution in [2.75, 3.05) is 19.7 Å². The number of hydrogen-bond donors (Lipinski definition) is 1. The Kier molecular flexibility index (Phi) is 4.89. The number of rotatable bonds is 2. The van der Waals surface area contributed by atoms with Gasteiger partial charge in [-0.2, -0.15) is 0 Å². The van der Waals surface area contributed by atoms with Crippen LogP contribution in [0.3, 0.4) is 0 Å². The summed E-state index contributed by atoms with van der Waals surface area (Å²) in [6.07, 6.45) is -0.339. The maximum Gasteiger partial charge on any atom is 0.255 e. The highest BCUT2D eigenvalue weighted by Gasteiger charge is 2.36. The van der Waals surface area contributed by atoms with E-state index in [4.69, 9.17) is 4.74 Å². The summed E-state index contributed by atoms with van der Waals surface area (Å²) >= 11 is 6.79. The molecule has 1 saturated heterocycles. The minimum Gasteiger partial charge on any atom is -0.394 e. The molecule has 20 heavy (non-hydrogen) atoms. The van der Waals surface area contributed by atoms with E-state index in [-0.39, 0.29) is 18.6 Å². The van der Waals surface area contributed by atoms with Gasteiger partial charge in [-0.05, 0) is 48.0 Å². The molecule has 6 heteroatoms. The quantitative estimate of drug-likeness (QED) is 0.821. The number of aliphatic hydroxyl groups excluding tert-OH is 1. The van der Waals surface area contributed by atoms with Crippen molar-refractivity contribution < 1.29 is 14.6 Å². The molecule has 1 atom stereocenters. The zero-order valence-electron chi connectivity index (χ0n) is 11.4. The Balaban J connectivity index is 2.25. The Labute approximate surface area is 135 Å². The average molecular weight is 407 g/mol. The van der Waals surface area contributed by atoms with Crippen LogP contribution in [0, 0.1) is 0 Å². The number of carbonyl (C=O) groups excluding carboxylic acids is 1. The van der Waals surface area contributed by atoms with E-state index in [1.807, 2.05) is 26.0 Å². The molecular formula is C14H17Br2NO3. The first-order valence-electron chi connectivity index (χ1n) is 6.35. The van der Waals surface area contributed by atoms with E-state index in [0.717, 1.165) is 8.95 Å². The van der Waals surface area contributed by atoms with Crippen molar-refractivity contribution in [3.05, 3.63) is 32.7 Å². The number of amides is 1. The molecule has 1 N–H and O–H groups in total. The highest BCUT2D eigenvalue weighted by molar-refractivity contribution is 9.11. The first kappa shape index (κ1) is 15.9. The molecule has 1 heterocycles. The SMILES string of the molecule is CC1(C)CN(C(=O)c2cc(Br)ccc2Br)CC(CO)O1. The van der Waals surface area contributed by atoms with Gasteiger partial charge in [0.05, 0.1) is 23.9 Å². The molecule has 0 saturated carbocycles. The van der Waals surface area contributed by atoms with E-state index in [2.05, 4.69) is 31.9 Å². The highest BCUT2D eigenvalue weighted by Crippen LogP contribution is 2.26. The van der Waals surface area contributed by atoms with E-state index in [9.17, 15) is 9.90 Å². The summed E-state index contributed by atoms with van der Waals surface area (Å²) in [5, 5.41) is 9.31. The van der Waals surface area contributed by atoms with Crippen molar-refractivity contribution in [2.45, 2.75) is 25.6 Å². The average Bonchev–Trinajstić information content (AvgIpc) is 2.38. The van der Waals surface area contributed by atoms with Crippen molar-refractivity contribution in [2.24, 2.45) is 0 Å². The predicted molar refractivity (Wildman–Crippen MR) is 83.8 cm³/mol. The summed E-state index contributed by atoms with van der Waals surface area (Å²) < 4.78 is 7.34. The van der Waals surface area contributed by atoms with Crippen molar-refractivity contribution in [1.29, 1.82) is 0 Å². The molecule has 4 nitrogen and oxygen atoms in total. The van der Waals surface area contributed by atoms with Gasteiger partial charge in [0, 0.05) is 22.0 Å². The van der Waals surface area contributed by atoms with Crippen molar-refractivity contribution in [1.82, 2.24) is 4.90 Å². The van der Waals surface area contributed by atoms with Crippen LogP contribution in [0.5, 0.6) is 0 Å². The van der Waals surface area contributed by atoms with Gasteiger partial charge in [-0.3, -0.25) is 4.79 Å². The zero-order chi connectivity index (χ0) is 14.9. The Hall–Kier alpha value is -0.430. The number of hydrogen-bond acceptors (Lipinski definition) is 3. The van der Waals surface area contributed by atoms with Crippen LogP contribution in [-0.2, 0) is 4.74 Å². The Morgan fingerprint density at radius 1 is 1.50 bits per heavy atom. The summed E-state index contributed by atoms with van der Waals surface area (Å²) in [5.41, 5.74) is 0.147. The fourth-order valence-electron chi connectivity index (χ4n) is 2.38. The van der Waals surface area contributed by atoms with Gasteiger partial charge >= 0.3 is 0 Å². The lowest BCUT2D eigenvalue weighted by Gasteiger charge is -2.42. The van der Waals surface area contributed by atoms with E-state index >= 15 is 0 Å². The largest absolute Gasteiger partial charge is 0.394 e. The lowest BCUT2D eigenvalue weighted by molar-refractivity contribution is -0.139. The molecule has 1 aliphatic heterocycles. The van der Waals surface area contributed by atoms with Gasteiger partial charge in [0.1, 0.15) is 0 Å². The molecule has 0 radical (unpaired) electrons. The smallest absolute Gasteiger partial charge is 0.255 e. The lowest BCUT2D eigenvalue weighted by atomic mass is 10.0. The predicted octanol–water partition coefficient (Wildman–Crippen LogP) is 2.82. The molecule has 1 amide bonds. The molecule has 0 bridgehead atoms. The first-order valence-corrected chi connectivity index (χ1v) is 7.94. The topological polar surface area (TPSA) is 49.8 Å². The Morgan fingerprint density at radius 3 is 2.85 bits per heavy atom. The summed E-state index contributed by atoms with van der Waals surface area (Å²) in [4.78, 5) is 14.4. The number of morpholine rings is 1. The van der Waals surface area contributed by atoms with Gasteiger partial charge in [-0.1, -0.05) is 15.9 Å². The molecule has 2 rings (SSSR count). The Bertz CT molecular complexity index is 519. The third kappa shape index (κ3) is 3.61. The number of ether oxygens (including phenoxy) is 1. The summed E-state index contributed by atoms with van der Waals surface area (Å²) in [6.45, 7) is 4.65. The fraction of sp³-hybridized carbons (Fsp3) is 0.500. The standard InChI is InChI=1S/C14H17Br2NO3/c1-14(2)8-17(6-10(7-18)20-14)13(19)11-5-9(15)3-4-12(11)16/h3-5,10,18H,6-8H2,1-2H3. The van der Waals surface area contributed by atoms with Crippen LogP contribution in [0.4, 0.5) is 0 Å². The molecule has 110 valence electrons. The zero-order valence-corrected chi connectivity index (χ0v) is 14.6. The van der Waals surface area contributed by atoms with Crippen LogP contribution in [-0.4, -0.2) is 47.3 Å². The number of benzene rings is 1. The summed E-state index contributed by atoms with van der Waals surface area (Å²) in [6, 6.07) is 5.51. The third-order valence-electron chi connectivity index (χ3n) is 3.13. The van der Waals surface area contributed by atoms with Crippen LogP contribution in [0.15, 0.2) is 27.1 Å². The van der Waals surface area contributed by atoms with Crippen molar-refractivity contribution in [3.8, 4) is 0 Å². The van der Waals surface area contributed by atoms with Crippen LogP contribution in [0.1, 0.15) is 24.2 Å². The first-order chi connectivity index (χ1) is 9.32. The number of halogens is 2. The minimum absolute atomic E-state index is 0.0620. The highest BCUT2D eigenvalue weighted by atomic mass is 79.9. The van der Waals surface area contributed by atoms with E-state index in [1.54, 1.807) is 11.0 Å². The molecule has 0 aromatic heterocycles.